The molecule has 6 heteroatoms. The maximum Gasteiger partial charge on any atom is 0.327 e. The van der Waals surface area contributed by atoms with Crippen LogP contribution in [0.5, 0.6) is 0 Å². The lowest BCUT2D eigenvalue weighted by Gasteiger charge is -2.24. The molecule has 0 bridgehead atoms. The number of aromatic nitrogens is 2. The highest BCUT2D eigenvalue weighted by Gasteiger charge is 2.23. The van der Waals surface area contributed by atoms with Gasteiger partial charge in [0.25, 0.3) is 0 Å². The van der Waals surface area contributed by atoms with Gasteiger partial charge in [0.2, 0.25) is 5.91 Å². The van der Waals surface area contributed by atoms with Crippen molar-refractivity contribution < 1.29 is 9.59 Å². The van der Waals surface area contributed by atoms with E-state index in [0.29, 0.717) is 0 Å². The summed E-state index contributed by atoms with van der Waals surface area (Å²) in [5.41, 5.74) is 4.40. The second-order valence-corrected chi connectivity index (χ2v) is 3.93. The Morgan fingerprint density at radius 3 is 2.67 bits per heavy atom. The van der Waals surface area contributed by atoms with Crippen molar-refractivity contribution in [3.8, 4) is 0 Å². The van der Waals surface area contributed by atoms with Crippen molar-refractivity contribution in [1.82, 2.24) is 14.9 Å². The third-order valence-electron chi connectivity index (χ3n) is 1.80. The van der Waals surface area contributed by atoms with E-state index in [0.717, 1.165) is 0 Å². The first kappa shape index (κ1) is 11.2. The number of nitrogens with two attached hydrogens (primary N) is 1. The first-order valence-electron chi connectivity index (χ1n) is 4.49. The highest BCUT2D eigenvalue weighted by Crippen LogP contribution is 2.07. The predicted octanol–water partition coefficient (Wildman–Crippen LogP) is 0.0948. The standard InChI is InChI=1S/C9H14N4O2/c1-9(2,5-7(10)14)12-8(15)13-4-3-11-6-13/h3-4,6H,5H2,1-2H3,(H2,10,14)(H,12,15). The lowest BCUT2D eigenvalue weighted by atomic mass is 10.0. The number of rotatable bonds is 3. The van der Waals surface area contributed by atoms with Crippen LogP contribution in [0, 0.1) is 0 Å². The van der Waals surface area contributed by atoms with E-state index in [1.165, 1.54) is 23.3 Å². The molecule has 1 heterocycles. The monoisotopic (exact) mass is 210 g/mol. The van der Waals surface area contributed by atoms with Gasteiger partial charge in [-0.1, -0.05) is 0 Å². The number of primary amides is 1. The molecule has 82 valence electrons. The van der Waals surface area contributed by atoms with Gasteiger partial charge in [0.05, 0.1) is 0 Å². The molecule has 0 aliphatic carbocycles. The molecule has 0 aliphatic heterocycles. The molecule has 0 spiro atoms. The molecule has 0 saturated heterocycles. The third-order valence-corrected chi connectivity index (χ3v) is 1.80. The molecule has 0 radical (unpaired) electrons. The minimum Gasteiger partial charge on any atom is -0.370 e. The summed E-state index contributed by atoms with van der Waals surface area (Å²) in [4.78, 5) is 26.0. The van der Waals surface area contributed by atoms with E-state index in [1.54, 1.807) is 13.8 Å². The summed E-state index contributed by atoms with van der Waals surface area (Å²) in [6.45, 7) is 3.46. The van der Waals surface area contributed by atoms with Crippen LogP contribution < -0.4 is 11.1 Å². The van der Waals surface area contributed by atoms with Crippen LogP contribution in [0.2, 0.25) is 0 Å². The minimum absolute atomic E-state index is 0.0907. The van der Waals surface area contributed by atoms with E-state index < -0.39 is 11.4 Å². The van der Waals surface area contributed by atoms with Gasteiger partial charge in [0, 0.05) is 24.4 Å². The first-order valence-corrected chi connectivity index (χ1v) is 4.49. The van der Waals surface area contributed by atoms with Crippen LogP contribution in [0.4, 0.5) is 4.79 Å². The van der Waals surface area contributed by atoms with Gasteiger partial charge < -0.3 is 11.1 Å². The highest BCUT2D eigenvalue weighted by molar-refractivity contribution is 5.79. The quantitative estimate of drug-likeness (QED) is 0.741. The average molecular weight is 210 g/mol. The second-order valence-electron chi connectivity index (χ2n) is 3.93. The molecular weight excluding hydrogens is 196 g/mol. The maximum atomic E-state index is 11.6. The normalized spacial score (nSPS) is 11.1. The molecule has 1 aromatic heterocycles. The summed E-state index contributed by atoms with van der Waals surface area (Å²) in [7, 11) is 0. The Bertz CT molecular complexity index is 356. The van der Waals surface area contributed by atoms with Crippen molar-refractivity contribution in [3.05, 3.63) is 18.7 Å². The second kappa shape index (κ2) is 4.12. The summed E-state index contributed by atoms with van der Waals surface area (Å²) in [5.74, 6) is -0.453. The molecule has 2 amide bonds. The molecule has 1 aromatic rings. The fraction of sp³-hybridized carbons (Fsp3) is 0.444. The topological polar surface area (TPSA) is 90.0 Å². The number of hydrogen-bond donors (Lipinski definition) is 2. The van der Waals surface area contributed by atoms with Crippen LogP contribution >= 0.6 is 0 Å². The molecule has 0 fully saturated rings. The van der Waals surface area contributed by atoms with Crippen LogP contribution in [0.25, 0.3) is 0 Å². The van der Waals surface area contributed by atoms with E-state index in [9.17, 15) is 9.59 Å². The van der Waals surface area contributed by atoms with Crippen molar-refractivity contribution >= 4 is 11.9 Å². The number of carbonyl (C=O) groups excluding carboxylic acids is 2. The lowest BCUT2D eigenvalue weighted by molar-refractivity contribution is -0.119. The van der Waals surface area contributed by atoms with E-state index in [2.05, 4.69) is 10.3 Å². The number of hydrogen-bond acceptors (Lipinski definition) is 3. The number of carbonyl (C=O) groups is 2. The number of imidazole rings is 1. The molecule has 0 aliphatic rings. The van der Waals surface area contributed by atoms with E-state index in [-0.39, 0.29) is 12.5 Å². The van der Waals surface area contributed by atoms with Gasteiger partial charge >= 0.3 is 6.03 Å². The van der Waals surface area contributed by atoms with Crippen molar-refractivity contribution in [2.75, 3.05) is 0 Å². The summed E-state index contributed by atoms with van der Waals surface area (Å²) in [5, 5.41) is 2.67. The summed E-state index contributed by atoms with van der Waals surface area (Å²) < 4.78 is 1.29. The first-order chi connectivity index (χ1) is 6.91. The maximum absolute atomic E-state index is 11.6. The zero-order valence-corrected chi connectivity index (χ0v) is 8.73. The zero-order valence-electron chi connectivity index (χ0n) is 8.73. The fourth-order valence-corrected chi connectivity index (χ4v) is 1.21. The molecule has 0 unspecified atom stereocenters. The Balaban J connectivity index is 2.61. The minimum atomic E-state index is -0.660. The Labute approximate surface area is 87.5 Å². The molecular formula is C9H14N4O2. The number of nitrogens with one attached hydrogen (secondary N) is 1. The van der Waals surface area contributed by atoms with Gasteiger partial charge in [-0.2, -0.15) is 0 Å². The summed E-state index contributed by atoms with van der Waals surface area (Å²) in [6, 6.07) is -0.334. The molecule has 0 aromatic carbocycles. The molecule has 1 rings (SSSR count). The van der Waals surface area contributed by atoms with Crippen molar-refractivity contribution in [3.63, 3.8) is 0 Å². The van der Waals surface area contributed by atoms with Crippen LogP contribution in [0.1, 0.15) is 20.3 Å². The zero-order chi connectivity index (χ0) is 11.5. The van der Waals surface area contributed by atoms with E-state index in [1.807, 2.05) is 0 Å². The van der Waals surface area contributed by atoms with Crippen LogP contribution in [-0.2, 0) is 4.79 Å². The van der Waals surface area contributed by atoms with Crippen molar-refractivity contribution in [2.24, 2.45) is 5.73 Å². The van der Waals surface area contributed by atoms with Crippen molar-refractivity contribution in [1.29, 1.82) is 0 Å². The molecule has 6 nitrogen and oxygen atoms in total. The van der Waals surface area contributed by atoms with Crippen molar-refractivity contribution in [2.45, 2.75) is 25.8 Å². The summed E-state index contributed by atoms with van der Waals surface area (Å²) >= 11 is 0. The third kappa shape index (κ3) is 3.41. The smallest absolute Gasteiger partial charge is 0.327 e. The highest BCUT2D eigenvalue weighted by atomic mass is 16.2. The van der Waals surface area contributed by atoms with Gasteiger partial charge in [-0.15, -0.1) is 0 Å². The lowest BCUT2D eigenvalue weighted by Crippen LogP contribution is -2.47. The van der Waals surface area contributed by atoms with Gasteiger partial charge in [0.1, 0.15) is 6.33 Å². The average Bonchev–Trinajstić information content (AvgIpc) is 2.50. The van der Waals surface area contributed by atoms with Gasteiger partial charge in [0.15, 0.2) is 0 Å². The Kier molecular flexibility index (Phi) is 3.08. The fourth-order valence-electron chi connectivity index (χ4n) is 1.21. The van der Waals surface area contributed by atoms with Gasteiger partial charge in [-0.3, -0.25) is 9.36 Å². The Hall–Kier alpha value is -1.85. The Morgan fingerprint density at radius 1 is 1.53 bits per heavy atom. The molecule has 15 heavy (non-hydrogen) atoms. The molecule has 3 N–H and O–H groups in total. The van der Waals surface area contributed by atoms with E-state index >= 15 is 0 Å². The molecule has 0 saturated carbocycles. The predicted molar refractivity (Wildman–Crippen MR) is 54.0 cm³/mol. The SMILES string of the molecule is CC(C)(CC(N)=O)NC(=O)n1ccnc1. The molecule has 0 atom stereocenters. The Morgan fingerprint density at radius 2 is 2.20 bits per heavy atom. The van der Waals surface area contributed by atoms with E-state index in [4.69, 9.17) is 5.73 Å². The van der Waals surface area contributed by atoms with Crippen LogP contribution in [0.3, 0.4) is 0 Å². The van der Waals surface area contributed by atoms with Crippen LogP contribution in [-0.4, -0.2) is 27.0 Å². The summed E-state index contributed by atoms with van der Waals surface area (Å²) in [6.07, 6.45) is 4.50. The van der Waals surface area contributed by atoms with Gasteiger partial charge in [-0.25, -0.2) is 9.78 Å². The number of nitrogens with zero attached hydrogens (tertiary/aromatic N) is 2. The largest absolute Gasteiger partial charge is 0.370 e. The number of amides is 2. The van der Waals surface area contributed by atoms with Gasteiger partial charge in [-0.05, 0) is 13.8 Å². The van der Waals surface area contributed by atoms with Crippen LogP contribution in [0.15, 0.2) is 18.7 Å².